The quantitative estimate of drug-likeness (QED) is 0.802. The lowest BCUT2D eigenvalue weighted by Crippen LogP contribution is -2.46. The lowest BCUT2D eigenvalue weighted by Gasteiger charge is -2.28. The maximum atomic E-state index is 12.5. The lowest BCUT2D eigenvalue weighted by molar-refractivity contribution is -0.127. The standard InChI is InChI=1S/C15H19F3N2O2/c16-15(17,18)9-10-5-1-2-6-11(10)19-14(22)20-12-7-3-4-8-13(12)21/h1-2,5-6,12-13,21H,3-4,7-9H2,(H2,19,20,22). The molecule has 7 heteroatoms. The first-order valence-corrected chi connectivity index (χ1v) is 7.25. The van der Waals surface area contributed by atoms with Crippen molar-refractivity contribution in [2.45, 2.75) is 50.4 Å². The van der Waals surface area contributed by atoms with E-state index in [-0.39, 0.29) is 17.3 Å². The van der Waals surface area contributed by atoms with E-state index in [1.807, 2.05) is 0 Å². The summed E-state index contributed by atoms with van der Waals surface area (Å²) in [6.45, 7) is 0. The molecule has 4 nitrogen and oxygen atoms in total. The molecule has 1 aliphatic carbocycles. The summed E-state index contributed by atoms with van der Waals surface area (Å²) >= 11 is 0. The first-order chi connectivity index (χ1) is 10.3. The molecule has 2 rings (SSSR count). The Morgan fingerprint density at radius 3 is 2.59 bits per heavy atom. The van der Waals surface area contributed by atoms with Gasteiger partial charge in [0.25, 0.3) is 0 Å². The molecule has 0 aliphatic heterocycles. The fourth-order valence-corrected chi connectivity index (χ4v) is 2.62. The fourth-order valence-electron chi connectivity index (χ4n) is 2.62. The van der Waals surface area contributed by atoms with Crippen LogP contribution in [0.1, 0.15) is 31.2 Å². The van der Waals surface area contributed by atoms with Crippen LogP contribution in [-0.2, 0) is 6.42 Å². The molecule has 22 heavy (non-hydrogen) atoms. The predicted molar refractivity (Wildman–Crippen MR) is 76.6 cm³/mol. The van der Waals surface area contributed by atoms with Crippen molar-refractivity contribution in [3.05, 3.63) is 29.8 Å². The Morgan fingerprint density at radius 2 is 1.91 bits per heavy atom. The summed E-state index contributed by atoms with van der Waals surface area (Å²) in [4.78, 5) is 11.9. The Bertz CT molecular complexity index is 520. The summed E-state index contributed by atoms with van der Waals surface area (Å²) in [5, 5.41) is 14.9. The monoisotopic (exact) mass is 316 g/mol. The fraction of sp³-hybridized carbons (Fsp3) is 0.533. The molecular formula is C15H19F3N2O2. The normalized spacial score (nSPS) is 22.2. The Hall–Kier alpha value is -1.76. The number of anilines is 1. The van der Waals surface area contributed by atoms with Crippen LogP contribution in [0, 0.1) is 0 Å². The molecule has 1 aliphatic rings. The van der Waals surface area contributed by atoms with Crippen LogP contribution in [0.25, 0.3) is 0 Å². The molecular weight excluding hydrogens is 297 g/mol. The number of benzene rings is 1. The average molecular weight is 316 g/mol. The number of urea groups is 1. The van der Waals surface area contributed by atoms with E-state index in [2.05, 4.69) is 10.6 Å². The van der Waals surface area contributed by atoms with Crippen molar-refractivity contribution in [1.82, 2.24) is 5.32 Å². The van der Waals surface area contributed by atoms with Gasteiger partial charge in [-0.2, -0.15) is 13.2 Å². The molecule has 1 fully saturated rings. The molecule has 3 N–H and O–H groups in total. The highest BCUT2D eigenvalue weighted by Crippen LogP contribution is 2.26. The van der Waals surface area contributed by atoms with Gasteiger partial charge in [-0.15, -0.1) is 0 Å². The largest absolute Gasteiger partial charge is 0.393 e. The number of hydrogen-bond donors (Lipinski definition) is 3. The third kappa shape index (κ3) is 4.91. The molecule has 0 aromatic heterocycles. The van der Waals surface area contributed by atoms with E-state index in [9.17, 15) is 23.1 Å². The second-order valence-corrected chi connectivity index (χ2v) is 5.51. The number of carbonyl (C=O) groups is 1. The Morgan fingerprint density at radius 1 is 1.23 bits per heavy atom. The van der Waals surface area contributed by atoms with Gasteiger partial charge in [-0.25, -0.2) is 4.79 Å². The smallest absolute Gasteiger partial charge is 0.391 e. The van der Waals surface area contributed by atoms with E-state index >= 15 is 0 Å². The van der Waals surface area contributed by atoms with Crippen molar-refractivity contribution in [3.8, 4) is 0 Å². The van der Waals surface area contributed by atoms with Crippen LogP contribution in [0.2, 0.25) is 0 Å². The molecule has 0 radical (unpaired) electrons. The van der Waals surface area contributed by atoms with E-state index in [4.69, 9.17) is 0 Å². The molecule has 0 saturated heterocycles. The highest BCUT2D eigenvalue weighted by atomic mass is 19.4. The molecule has 0 spiro atoms. The number of halogens is 3. The van der Waals surface area contributed by atoms with Crippen molar-refractivity contribution in [3.63, 3.8) is 0 Å². The Labute approximate surface area is 126 Å². The van der Waals surface area contributed by atoms with Crippen LogP contribution in [0.15, 0.2) is 24.3 Å². The second kappa shape index (κ2) is 7.00. The van der Waals surface area contributed by atoms with Crippen LogP contribution < -0.4 is 10.6 Å². The third-order valence-electron chi connectivity index (χ3n) is 3.70. The lowest BCUT2D eigenvalue weighted by atomic mass is 9.93. The van der Waals surface area contributed by atoms with E-state index in [1.165, 1.54) is 18.2 Å². The van der Waals surface area contributed by atoms with Gasteiger partial charge in [0.1, 0.15) is 0 Å². The molecule has 2 unspecified atom stereocenters. The van der Waals surface area contributed by atoms with Crippen LogP contribution in [-0.4, -0.2) is 29.5 Å². The highest BCUT2D eigenvalue weighted by molar-refractivity contribution is 5.90. The van der Waals surface area contributed by atoms with Gasteiger partial charge in [-0.1, -0.05) is 31.0 Å². The van der Waals surface area contributed by atoms with Gasteiger partial charge in [0.2, 0.25) is 0 Å². The third-order valence-corrected chi connectivity index (χ3v) is 3.70. The van der Waals surface area contributed by atoms with Crippen LogP contribution in [0.5, 0.6) is 0 Å². The van der Waals surface area contributed by atoms with E-state index in [0.717, 1.165) is 12.8 Å². The second-order valence-electron chi connectivity index (χ2n) is 5.51. The predicted octanol–water partition coefficient (Wildman–Crippen LogP) is 3.22. The molecule has 122 valence electrons. The van der Waals surface area contributed by atoms with E-state index in [1.54, 1.807) is 6.07 Å². The van der Waals surface area contributed by atoms with Gasteiger partial charge in [-0.05, 0) is 24.5 Å². The zero-order valence-corrected chi connectivity index (χ0v) is 12.0. The minimum absolute atomic E-state index is 0.00865. The number of nitrogens with one attached hydrogen (secondary N) is 2. The maximum Gasteiger partial charge on any atom is 0.393 e. The summed E-state index contributed by atoms with van der Waals surface area (Å²) in [7, 11) is 0. The van der Waals surface area contributed by atoms with Crippen molar-refractivity contribution in [1.29, 1.82) is 0 Å². The number of aliphatic hydroxyl groups excluding tert-OH is 1. The maximum absolute atomic E-state index is 12.5. The summed E-state index contributed by atoms with van der Waals surface area (Å²) in [6, 6.07) is 4.86. The van der Waals surface area contributed by atoms with Crippen LogP contribution in [0.3, 0.4) is 0 Å². The summed E-state index contributed by atoms with van der Waals surface area (Å²) < 4.78 is 37.6. The summed E-state index contributed by atoms with van der Waals surface area (Å²) in [5.41, 5.74) is 0.136. The topological polar surface area (TPSA) is 61.4 Å². The molecule has 0 heterocycles. The number of para-hydroxylation sites is 1. The van der Waals surface area contributed by atoms with E-state index in [0.29, 0.717) is 12.8 Å². The van der Waals surface area contributed by atoms with Gasteiger partial charge in [0.05, 0.1) is 18.6 Å². The number of alkyl halides is 3. The zero-order valence-electron chi connectivity index (χ0n) is 12.0. The van der Waals surface area contributed by atoms with Gasteiger partial charge >= 0.3 is 12.2 Å². The van der Waals surface area contributed by atoms with E-state index < -0.39 is 24.7 Å². The SMILES string of the molecule is O=C(Nc1ccccc1CC(F)(F)F)NC1CCCCC1O. The van der Waals surface area contributed by atoms with Crippen molar-refractivity contribution in [2.75, 3.05) is 5.32 Å². The number of amides is 2. The molecule has 0 bridgehead atoms. The van der Waals surface area contributed by atoms with Gasteiger partial charge in [0.15, 0.2) is 0 Å². The van der Waals surface area contributed by atoms with Gasteiger partial charge < -0.3 is 15.7 Å². The molecule has 1 aromatic carbocycles. The van der Waals surface area contributed by atoms with Crippen molar-refractivity contribution < 1.29 is 23.1 Å². The number of aliphatic hydroxyl groups is 1. The number of hydrogen-bond acceptors (Lipinski definition) is 2. The minimum Gasteiger partial charge on any atom is -0.391 e. The average Bonchev–Trinajstić information content (AvgIpc) is 2.42. The summed E-state index contributed by atoms with van der Waals surface area (Å²) in [5.74, 6) is 0. The van der Waals surface area contributed by atoms with Gasteiger partial charge in [-0.3, -0.25) is 0 Å². The zero-order chi connectivity index (χ0) is 16.2. The first-order valence-electron chi connectivity index (χ1n) is 7.25. The molecule has 2 atom stereocenters. The number of carbonyl (C=O) groups excluding carboxylic acids is 1. The van der Waals surface area contributed by atoms with Crippen LogP contribution in [0.4, 0.5) is 23.7 Å². The molecule has 1 aromatic rings. The summed E-state index contributed by atoms with van der Waals surface area (Å²) in [6.07, 6.45) is -2.94. The first kappa shape index (κ1) is 16.6. The minimum atomic E-state index is -4.34. The Balaban J connectivity index is 1.99. The van der Waals surface area contributed by atoms with Gasteiger partial charge in [0, 0.05) is 5.69 Å². The van der Waals surface area contributed by atoms with Crippen molar-refractivity contribution in [2.24, 2.45) is 0 Å². The number of rotatable bonds is 3. The molecule has 2 amide bonds. The Kier molecular flexibility index (Phi) is 5.28. The van der Waals surface area contributed by atoms with Crippen molar-refractivity contribution >= 4 is 11.7 Å². The highest BCUT2D eigenvalue weighted by Gasteiger charge is 2.29. The van der Waals surface area contributed by atoms with Crippen LogP contribution >= 0.6 is 0 Å². The molecule has 1 saturated carbocycles.